The molecule has 1 aliphatic rings. The molecule has 0 amide bonds. The SMILES string of the molecule is CN1C=CC(C(=O)SCCCOCO)=CC1. The van der Waals surface area contributed by atoms with Crippen molar-refractivity contribution in [2.24, 2.45) is 0 Å². The van der Waals surface area contributed by atoms with Crippen LogP contribution in [0.4, 0.5) is 0 Å². The number of nitrogens with zero attached hydrogens (tertiary/aromatic N) is 1. The first-order valence-corrected chi connectivity index (χ1v) is 6.17. The summed E-state index contributed by atoms with van der Waals surface area (Å²) in [5, 5.41) is 8.49. The van der Waals surface area contributed by atoms with Crippen molar-refractivity contribution in [1.82, 2.24) is 4.90 Å². The standard InChI is InChI=1S/C11H17NO3S/c1-12-5-3-10(4-6-12)11(14)16-8-2-7-15-9-13/h3-5,13H,2,6-9H2,1H3. The first-order valence-electron chi connectivity index (χ1n) is 5.18. The zero-order valence-electron chi connectivity index (χ0n) is 9.39. The highest BCUT2D eigenvalue weighted by atomic mass is 32.2. The van der Waals surface area contributed by atoms with Gasteiger partial charge in [0.2, 0.25) is 5.12 Å². The molecule has 0 aromatic carbocycles. The Morgan fingerprint density at radius 3 is 3.12 bits per heavy atom. The molecule has 0 aromatic rings. The van der Waals surface area contributed by atoms with Gasteiger partial charge in [-0.05, 0) is 18.7 Å². The van der Waals surface area contributed by atoms with Gasteiger partial charge in [-0.25, -0.2) is 0 Å². The number of hydrogen-bond donors (Lipinski definition) is 1. The minimum absolute atomic E-state index is 0.105. The quantitative estimate of drug-likeness (QED) is 0.557. The van der Waals surface area contributed by atoms with Gasteiger partial charge in [-0.3, -0.25) is 4.79 Å². The van der Waals surface area contributed by atoms with Crippen LogP contribution in [0, 0.1) is 0 Å². The highest BCUT2D eigenvalue weighted by molar-refractivity contribution is 8.14. The molecule has 1 rings (SSSR count). The molecule has 1 heterocycles. The van der Waals surface area contributed by atoms with Crippen LogP contribution in [0.3, 0.4) is 0 Å². The monoisotopic (exact) mass is 243 g/mol. The minimum atomic E-state index is -0.251. The summed E-state index contributed by atoms with van der Waals surface area (Å²) in [4.78, 5) is 13.7. The predicted molar refractivity (Wildman–Crippen MR) is 65.0 cm³/mol. The topological polar surface area (TPSA) is 49.8 Å². The molecule has 1 aliphatic heterocycles. The molecule has 5 heteroatoms. The predicted octanol–water partition coefficient (Wildman–Crippen LogP) is 0.988. The van der Waals surface area contributed by atoms with Crippen molar-refractivity contribution in [2.75, 3.05) is 32.7 Å². The van der Waals surface area contributed by atoms with Crippen molar-refractivity contribution < 1.29 is 14.6 Å². The lowest BCUT2D eigenvalue weighted by Crippen LogP contribution is -2.15. The van der Waals surface area contributed by atoms with E-state index < -0.39 is 0 Å². The molecule has 0 spiro atoms. The second-order valence-corrected chi connectivity index (χ2v) is 4.51. The fourth-order valence-corrected chi connectivity index (χ4v) is 1.97. The maximum Gasteiger partial charge on any atom is 0.219 e. The van der Waals surface area contributed by atoms with Gasteiger partial charge in [0.25, 0.3) is 0 Å². The second-order valence-electron chi connectivity index (χ2n) is 3.44. The van der Waals surface area contributed by atoms with E-state index in [0.29, 0.717) is 6.61 Å². The smallest absolute Gasteiger partial charge is 0.219 e. The van der Waals surface area contributed by atoms with Crippen molar-refractivity contribution in [1.29, 1.82) is 0 Å². The summed E-state index contributed by atoms with van der Waals surface area (Å²) in [6.45, 7) is 1.03. The van der Waals surface area contributed by atoms with Gasteiger partial charge in [0.05, 0.1) is 6.61 Å². The molecule has 0 bridgehead atoms. The van der Waals surface area contributed by atoms with Crippen molar-refractivity contribution in [3.05, 3.63) is 23.9 Å². The molecular weight excluding hydrogens is 226 g/mol. The number of allylic oxidation sites excluding steroid dienone is 1. The molecule has 0 saturated carbocycles. The van der Waals surface area contributed by atoms with E-state index in [2.05, 4.69) is 0 Å². The molecular formula is C11H17NO3S. The molecule has 0 aliphatic carbocycles. The fraction of sp³-hybridized carbons (Fsp3) is 0.545. The first kappa shape index (κ1) is 13.3. The zero-order valence-corrected chi connectivity index (χ0v) is 10.2. The molecule has 90 valence electrons. The van der Waals surface area contributed by atoms with Crippen LogP contribution in [-0.2, 0) is 9.53 Å². The van der Waals surface area contributed by atoms with E-state index in [9.17, 15) is 4.79 Å². The van der Waals surface area contributed by atoms with Gasteiger partial charge in [0, 0.05) is 24.9 Å². The summed E-state index contributed by atoms with van der Waals surface area (Å²) in [5.41, 5.74) is 0.770. The molecule has 0 saturated heterocycles. The minimum Gasteiger partial charge on any atom is -0.377 e. The summed E-state index contributed by atoms with van der Waals surface area (Å²) in [7, 11) is 1.97. The Hall–Kier alpha value is -0.780. The van der Waals surface area contributed by atoms with E-state index in [1.807, 2.05) is 30.3 Å². The molecule has 4 nitrogen and oxygen atoms in total. The van der Waals surface area contributed by atoms with Crippen molar-refractivity contribution in [3.8, 4) is 0 Å². The maximum atomic E-state index is 11.7. The van der Waals surface area contributed by atoms with Crippen molar-refractivity contribution >= 4 is 16.9 Å². The lowest BCUT2D eigenvalue weighted by atomic mass is 10.2. The number of hydrogen-bond acceptors (Lipinski definition) is 5. The molecule has 0 unspecified atom stereocenters. The average Bonchev–Trinajstić information content (AvgIpc) is 2.29. The van der Waals surface area contributed by atoms with Crippen LogP contribution >= 0.6 is 11.8 Å². The summed E-state index contributed by atoms with van der Waals surface area (Å²) >= 11 is 1.30. The third kappa shape index (κ3) is 4.83. The van der Waals surface area contributed by atoms with Crippen LogP contribution in [-0.4, -0.2) is 47.9 Å². The second kappa shape index (κ2) is 7.49. The van der Waals surface area contributed by atoms with Crippen LogP contribution in [0.25, 0.3) is 0 Å². The van der Waals surface area contributed by atoms with E-state index >= 15 is 0 Å². The van der Waals surface area contributed by atoms with E-state index in [1.165, 1.54) is 11.8 Å². The molecule has 0 atom stereocenters. The normalized spacial score (nSPS) is 15.1. The average molecular weight is 243 g/mol. The summed E-state index contributed by atoms with van der Waals surface area (Å²) in [6.07, 6.45) is 6.44. The number of ether oxygens (including phenoxy) is 1. The lowest BCUT2D eigenvalue weighted by molar-refractivity contribution is -0.107. The first-order chi connectivity index (χ1) is 7.74. The third-order valence-electron chi connectivity index (χ3n) is 2.10. The van der Waals surface area contributed by atoms with E-state index in [-0.39, 0.29) is 11.9 Å². The zero-order chi connectivity index (χ0) is 11.8. The van der Waals surface area contributed by atoms with Crippen molar-refractivity contribution in [2.45, 2.75) is 6.42 Å². The number of likely N-dealkylation sites (N-methyl/N-ethyl adjacent to an activating group) is 1. The summed E-state index contributed by atoms with van der Waals surface area (Å²) in [5.74, 6) is 0.722. The van der Waals surface area contributed by atoms with Gasteiger partial charge in [0.1, 0.15) is 6.79 Å². The van der Waals surface area contributed by atoms with Crippen LogP contribution in [0.5, 0.6) is 0 Å². The number of thioether (sulfide) groups is 1. The van der Waals surface area contributed by atoms with Gasteiger partial charge in [0.15, 0.2) is 0 Å². The summed E-state index contributed by atoms with van der Waals surface area (Å²) in [6, 6.07) is 0. The van der Waals surface area contributed by atoms with Gasteiger partial charge in [-0.2, -0.15) is 0 Å². The van der Waals surface area contributed by atoms with Gasteiger partial charge in [-0.15, -0.1) is 0 Å². The third-order valence-corrected chi connectivity index (χ3v) is 3.09. The Labute approximate surface area is 100.0 Å². The molecule has 0 radical (unpaired) electrons. The van der Waals surface area contributed by atoms with Crippen LogP contribution in [0.15, 0.2) is 23.9 Å². The highest BCUT2D eigenvalue weighted by Crippen LogP contribution is 2.15. The maximum absolute atomic E-state index is 11.7. The van der Waals surface area contributed by atoms with E-state index in [1.54, 1.807) is 0 Å². The van der Waals surface area contributed by atoms with Gasteiger partial charge < -0.3 is 14.7 Å². The Bertz CT molecular complexity index is 289. The van der Waals surface area contributed by atoms with Crippen LogP contribution in [0.1, 0.15) is 6.42 Å². The van der Waals surface area contributed by atoms with Crippen LogP contribution in [0.2, 0.25) is 0 Å². The number of carbonyl (C=O) groups is 1. The Morgan fingerprint density at radius 2 is 2.50 bits per heavy atom. The number of aliphatic hydroxyl groups is 1. The lowest BCUT2D eigenvalue weighted by Gasteiger charge is -2.16. The van der Waals surface area contributed by atoms with Crippen molar-refractivity contribution in [3.63, 3.8) is 0 Å². The molecule has 16 heavy (non-hydrogen) atoms. The van der Waals surface area contributed by atoms with Crippen LogP contribution < -0.4 is 0 Å². The Balaban J connectivity index is 2.18. The fourth-order valence-electron chi connectivity index (χ4n) is 1.20. The van der Waals surface area contributed by atoms with E-state index in [0.717, 1.165) is 24.3 Å². The number of aliphatic hydroxyl groups excluding tert-OH is 1. The Kier molecular flexibility index (Phi) is 6.22. The van der Waals surface area contributed by atoms with Gasteiger partial charge >= 0.3 is 0 Å². The largest absolute Gasteiger partial charge is 0.377 e. The number of rotatable bonds is 6. The molecule has 1 N–H and O–H groups in total. The molecule has 0 aromatic heterocycles. The van der Waals surface area contributed by atoms with Gasteiger partial charge in [-0.1, -0.05) is 17.8 Å². The summed E-state index contributed by atoms with van der Waals surface area (Å²) < 4.78 is 4.77. The molecule has 0 fully saturated rings. The highest BCUT2D eigenvalue weighted by Gasteiger charge is 2.09. The number of carbonyl (C=O) groups excluding carboxylic acids is 1. The Morgan fingerprint density at radius 1 is 1.69 bits per heavy atom. The van der Waals surface area contributed by atoms with E-state index in [4.69, 9.17) is 9.84 Å².